The third kappa shape index (κ3) is 4.44. The fraction of sp³-hybridized carbons (Fsp3) is 0.188. The van der Waals surface area contributed by atoms with Crippen LogP contribution in [0.5, 0.6) is 0 Å². The molecule has 2 aromatic rings. The monoisotopic (exact) mass is 365 g/mol. The molecule has 0 amide bonds. The number of aldehydes is 1. The van der Waals surface area contributed by atoms with Crippen molar-refractivity contribution in [1.82, 2.24) is 4.90 Å². The van der Waals surface area contributed by atoms with E-state index in [2.05, 4.69) is 51.8 Å². The molecule has 0 unspecified atom stereocenters. The summed E-state index contributed by atoms with van der Waals surface area (Å²) in [5.74, 6) is 0. The molecule has 1 atom stereocenters. The molecule has 2 nitrogen and oxygen atoms in total. The van der Waals surface area contributed by atoms with Crippen LogP contribution in [0.4, 0.5) is 0 Å². The summed E-state index contributed by atoms with van der Waals surface area (Å²) in [6.45, 7) is 1.56. The first-order chi connectivity index (χ1) is 9.29. The van der Waals surface area contributed by atoms with E-state index in [0.717, 1.165) is 19.4 Å². The van der Waals surface area contributed by atoms with Gasteiger partial charge in [-0.15, -0.1) is 0 Å². The molecule has 0 spiro atoms. The molecule has 0 bridgehead atoms. The molecule has 0 radical (unpaired) electrons. The van der Waals surface area contributed by atoms with Crippen molar-refractivity contribution in [2.45, 2.75) is 17.1 Å². The van der Waals surface area contributed by atoms with Crippen molar-refractivity contribution in [1.29, 1.82) is 0 Å². The van der Waals surface area contributed by atoms with E-state index < -0.39 is 0 Å². The summed E-state index contributed by atoms with van der Waals surface area (Å²) in [6, 6.07) is 20.5. The Morgan fingerprint density at radius 1 is 0.895 bits per heavy atom. The van der Waals surface area contributed by atoms with Crippen molar-refractivity contribution < 1.29 is 4.79 Å². The first-order valence-electron chi connectivity index (χ1n) is 6.21. The zero-order chi connectivity index (χ0) is 13.5. The second kappa shape index (κ2) is 7.40. The number of hydrogen-bond acceptors (Lipinski definition) is 2. The van der Waals surface area contributed by atoms with Crippen LogP contribution in [-0.2, 0) is 17.9 Å². The molecule has 0 aliphatic heterocycles. The molecule has 0 aromatic heterocycles. The van der Waals surface area contributed by atoms with Gasteiger partial charge in [0.2, 0.25) is 0 Å². The van der Waals surface area contributed by atoms with E-state index in [4.69, 9.17) is 0 Å². The van der Waals surface area contributed by atoms with Crippen LogP contribution in [0.1, 0.15) is 11.1 Å². The minimum Gasteiger partial charge on any atom is -0.301 e. The van der Waals surface area contributed by atoms with E-state index in [1.807, 2.05) is 36.4 Å². The first-order valence-corrected chi connectivity index (χ1v) is 7.45. The largest absolute Gasteiger partial charge is 0.301 e. The molecule has 3 heteroatoms. The Labute approximate surface area is 127 Å². The fourth-order valence-corrected chi connectivity index (χ4v) is 2.35. The lowest BCUT2D eigenvalue weighted by Crippen LogP contribution is -2.30. The lowest BCUT2D eigenvalue weighted by Gasteiger charge is -2.24. The molecule has 0 heterocycles. The highest BCUT2D eigenvalue weighted by atomic mass is 127. The summed E-state index contributed by atoms with van der Waals surface area (Å²) in [5.41, 5.74) is 2.45. The lowest BCUT2D eigenvalue weighted by atomic mass is 10.1. The van der Waals surface area contributed by atoms with E-state index in [1.54, 1.807) is 0 Å². The zero-order valence-electron chi connectivity index (χ0n) is 10.6. The summed E-state index contributed by atoms with van der Waals surface area (Å²) < 4.78 is -0.113. The van der Waals surface area contributed by atoms with Crippen LogP contribution in [-0.4, -0.2) is 15.2 Å². The van der Waals surface area contributed by atoms with Crippen molar-refractivity contribution in [3.63, 3.8) is 0 Å². The highest BCUT2D eigenvalue weighted by Crippen LogP contribution is 2.15. The number of carbonyl (C=O) groups excluding carboxylic acids is 1. The molecule has 2 aromatic carbocycles. The third-order valence-corrected chi connectivity index (χ3v) is 4.00. The molecular formula is C16H16INO. The highest BCUT2D eigenvalue weighted by Gasteiger charge is 2.15. The first kappa shape index (κ1) is 14.2. The standard InChI is InChI=1S/C16H16INO/c17-16(13-19)18(11-14-7-3-1-4-8-14)12-15-9-5-2-6-10-15/h1-10,13,16H,11-12H2/t16-/m1/s1. The van der Waals surface area contributed by atoms with E-state index in [9.17, 15) is 4.79 Å². The smallest absolute Gasteiger partial charge is 0.147 e. The fourth-order valence-electron chi connectivity index (χ4n) is 1.95. The Morgan fingerprint density at radius 3 is 1.68 bits per heavy atom. The van der Waals surface area contributed by atoms with E-state index in [1.165, 1.54) is 11.1 Å². The number of nitrogens with zero attached hydrogens (tertiary/aromatic N) is 1. The van der Waals surface area contributed by atoms with E-state index in [-0.39, 0.29) is 4.05 Å². The van der Waals surface area contributed by atoms with Crippen molar-refractivity contribution in [3.8, 4) is 0 Å². The van der Waals surface area contributed by atoms with Crippen molar-refractivity contribution in [2.75, 3.05) is 0 Å². The molecule has 0 aliphatic carbocycles. The van der Waals surface area contributed by atoms with Gasteiger partial charge in [-0.3, -0.25) is 4.90 Å². The SMILES string of the molecule is O=C[C@H](I)N(Cc1ccccc1)Cc1ccccc1. The second-order valence-electron chi connectivity index (χ2n) is 4.38. The summed E-state index contributed by atoms with van der Waals surface area (Å²) >= 11 is 2.18. The Morgan fingerprint density at radius 2 is 1.32 bits per heavy atom. The molecule has 0 saturated heterocycles. The minimum atomic E-state index is -0.113. The maximum Gasteiger partial charge on any atom is 0.147 e. The number of rotatable bonds is 6. The number of hydrogen-bond donors (Lipinski definition) is 0. The predicted octanol–water partition coefficient (Wildman–Crippen LogP) is 3.65. The average Bonchev–Trinajstić information content (AvgIpc) is 2.48. The molecule has 2 rings (SSSR count). The maximum absolute atomic E-state index is 11.1. The van der Waals surface area contributed by atoms with Gasteiger partial charge in [-0.25, -0.2) is 0 Å². The number of benzene rings is 2. The van der Waals surface area contributed by atoms with Crippen molar-refractivity contribution in [3.05, 3.63) is 71.8 Å². The van der Waals surface area contributed by atoms with Gasteiger partial charge in [0.25, 0.3) is 0 Å². The lowest BCUT2D eigenvalue weighted by molar-refractivity contribution is -0.109. The second-order valence-corrected chi connectivity index (χ2v) is 5.66. The number of halogens is 1. The Balaban J connectivity index is 2.10. The van der Waals surface area contributed by atoms with Crippen LogP contribution in [0.15, 0.2) is 60.7 Å². The Bertz CT molecular complexity index is 459. The third-order valence-electron chi connectivity index (χ3n) is 2.92. The highest BCUT2D eigenvalue weighted by molar-refractivity contribution is 14.1. The van der Waals surface area contributed by atoms with Crippen LogP contribution in [0.3, 0.4) is 0 Å². The van der Waals surface area contributed by atoms with Gasteiger partial charge in [0.05, 0.1) is 0 Å². The summed E-state index contributed by atoms with van der Waals surface area (Å²) in [5, 5.41) is 0. The van der Waals surface area contributed by atoms with Gasteiger partial charge in [0.15, 0.2) is 0 Å². The normalized spacial score (nSPS) is 12.3. The van der Waals surface area contributed by atoms with Gasteiger partial charge < -0.3 is 4.79 Å². The molecule has 0 N–H and O–H groups in total. The number of alkyl halides is 1. The predicted molar refractivity (Wildman–Crippen MR) is 86.0 cm³/mol. The van der Waals surface area contributed by atoms with Crippen LogP contribution in [0.25, 0.3) is 0 Å². The minimum absolute atomic E-state index is 0.113. The van der Waals surface area contributed by atoms with Crippen LogP contribution >= 0.6 is 22.6 Å². The van der Waals surface area contributed by atoms with Crippen LogP contribution in [0.2, 0.25) is 0 Å². The van der Waals surface area contributed by atoms with Gasteiger partial charge >= 0.3 is 0 Å². The van der Waals surface area contributed by atoms with Gasteiger partial charge in [0, 0.05) is 13.1 Å². The molecule has 19 heavy (non-hydrogen) atoms. The molecule has 0 saturated carbocycles. The van der Waals surface area contributed by atoms with Gasteiger partial charge in [-0.2, -0.15) is 0 Å². The summed E-state index contributed by atoms with van der Waals surface area (Å²) in [6.07, 6.45) is 0.993. The zero-order valence-corrected chi connectivity index (χ0v) is 12.7. The van der Waals surface area contributed by atoms with E-state index in [0.29, 0.717) is 0 Å². The van der Waals surface area contributed by atoms with Crippen molar-refractivity contribution in [2.24, 2.45) is 0 Å². The van der Waals surface area contributed by atoms with Gasteiger partial charge in [0.1, 0.15) is 10.3 Å². The van der Waals surface area contributed by atoms with Crippen LogP contribution < -0.4 is 0 Å². The average molecular weight is 365 g/mol. The number of carbonyl (C=O) groups is 1. The molecule has 98 valence electrons. The quantitative estimate of drug-likeness (QED) is 0.337. The Hall–Kier alpha value is -1.20. The summed E-state index contributed by atoms with van der Waals surface area (Å²) in [4.78, 5) is 13.2. The molecular weight excluding hydrogens is 349 g/mol. The molecule has 0 aliphatic rings. The van der Waals surface area contributed by atoms with Crippen molar-refractivity contribution >= 4 is 28.9 Å². The topological polar surface area (TPSA) is 20.3 Å². The summed E-state index contributed by atoms with van der Waals surface area (Å²) in [7, 11) is 0. The van der Waals surface area contributed by atoms with Crippen LogP contribution in [0, 0.1) is 0 Å². The molecule has 0 fully saturated rings. The maximum atomic E-state index is 11.1. The van der Waals surface area contributed by atoms with Gasteiger partial charge in [-0.1, -0.05) is 83.3 Å². The Kier molecular flexibility index (Phi) is 5.54. The van der Waals surface area contributed by atoms with E-state index >= 15 is 0 Å². The van der Waals surface area contributed by atoms with Gasteiger partial charge in [-0.05, 0) is 11.1 Å².